The zero-order valence-electron chi connectivity index (χ0n) is 16.0. The van der Waals surface area contributed by atoms with Crippen LogP contribution < -0.4 is 10.1 Å². The number of likely N-dealkylation sites (tertiary alicyclic amines) is 1. The average molecular weight is 401 g/mol. The summed E-state index contributed by atoms with van der Waals surface area (Å²) in [7, 11) is 0. The van der Waals surface area contributed by atoms with Gasteiger partial charge >= 0.3 is 0 Å². The summed E-state index contributed by atoms with van der Waals surface area (Å²) in [5, 5.41) is 3.26. The molecule has 1 atom stereocenters. The Bertz CT molecular complexity index is 815. The first-order valence-electron chi connectivity index (χ1n) is 9.66. The molecule has 2 aromatic rings. The highest BCUT2D eigenvalue weighted by molar-refractivity contribution is 6.32. The van der Waals surface area contributed by atoms with Crippen molar-refractivity contribution in [3.05, 3.63) is 59.1 Å². The molecule has 1 aliphatic heterocycles. The van der Waals surface area contributed by atoms with Gasteiger partial charge in [-0.3, -0.25) is 9.59 Å². The van der Waals surface area contributed by atoms with Crippen molar-refractivity contribution in [2.75, 3.05) is 18.4 Å². The number of rotatable bonds is 5. The molecule has 0 aromatic heterocycles. The summed E-state index contributed by atoms with van der Waals surface area (Å²) >= 11 is 6.06. The fourth-order valence-corrected chi connectivity index (χ4v) is 3.36. The van der Waals surface area contributed by atoms with Crippen molar-refractivity contribution in [2.45, 2.75) is 38.7 Å². The number of nitrogens with one attached hydrogen (secondary N) is 1. The lowest BCUT2D eigenvalue weighted by Crippen LogP contribution is -2.32. The molecule has 0 aliphatic carbocycles. The lowest BCUT2D eigenvalue weighted by molar-refractivity contribution is -0.122. The Kier molecular flexibility index (Phi) is 6.93. The van der Waals surface area contributed by atoms with E-state index >= 15 is 0 Å². The van der Waals surface area contributed by atoms with Crippen LogP contribution in [0.4, 0.5) is 5.69 Å². The Morgan fingerprint density at radius 1 is 1.00 bits per heavy atom. The van der Waals surface area contributed by atoms with Crippen LogP contribution in [0.15, 0.2) is 48.5 Å². The van der Waals surface area contributed by atoms with E-state index in [4.69, 9.17) is 16.3 Å². The lowest BCUT2D eigenvalue weighted by atomic mass is 10.1. The standard InChI is InChI=1S/C22H25ClN2O3/c1-16(28-20-9-5-4-8-19(20)23)21(26)24-18-12-10-17(11-13-18)22(27)25-14-6-2-3-7-15-25/h4-5,8-13,16H,2-3,6-7,14-15H2,1H3,(H,24,26). The first kappa shape index (κ1) is 20.2. The number of nitrogens with zero attached hydrogens (tertiary/aromatic N) is 1. The molecule has 28 heavy (non-hydrogen) atoms. The van der Waals surface area contributed by atoms with Gasteiger partial charge in [-0.25, -0.2) is 0 Å². The van der Waals surface area contributed by atoms with Gasteiger partial charge in [0.1, 0.15) is 5.75 Å². The molecule has 2 amide bonds. The number of carbonyl (C=O) groups is 2. The van der Waals surface area contributed by atoms with Crippen LogP contribution in [-0.2, 0) is 4.79 Å². The lowest BCUT2D eigenvalue weighted by Gasteiger charge is -2.20. The Labute approximate surface area is 170 Å². The van der Waals surface area contributed by atoms with Crippen molar-refractivity contribution in [2.24, 2.45) is 0 Å². The maximum Gasteiger partial charge on any atom is 0.265 e. The topological polar surface area (TPSA) is 58.6 Å². The highest BCUT2D eigenvalue weighted by Crippen LogP contribution is 2.24. The summed E-state index contributed by atoms with van der Waals surface area (Å²) in [6, 6.07) is 14.0. The quantitative estimate of drug-likeness (QED) is 0.786. The second-order valence-electron chi connectivity index (χ2n) is 6.96. The van der Waals surface area contributed by atoms with E-state index in [1.54, 1.807) is 55.5 Å². The number of ether oxygens (including phenoxy) is 1. The van der Waals surface area contributed by atoms with Crippen LogP contribution in [0.3, 0.4) is 0 Å². The van der Waals surface area contributed by atoms with Gasteiger partial charge in [-0.2, -0.15) is 0 Å². The Morgan fingerprint density at radius 3 is 2.29 bits per heavy atom. The zero-order chi connectivity index (χ0) is 19.9. The maximum absolute atomic E-state index is 12.6. The molecule has 0 saturated carbocycles. The predicted molar refractivity (Wildman–Crippen MR) is 111 cm³/mol. The van der Waals surface area contributed by atoms with Crippen molar-refractivity contribution in [1.82, 2.24) is 4.90 Å². The molecule has 1 heterocycles. The first-order chi connectivity index (χ1) is 13.5. The van der Waals surface area contributed by atoms with Crippen molar-refractivity contribution in [3.8, 4) is 5.75 Å². The van der Waals surface area contributed by atoms with Crippen LogP contribution in [0.2, 0.25) is 5.02 Å². The number of para-hydroxylation sites is 1. The maximum atomic E-state index is 12.6. The summed E-state index contributed by atoms with van der Waals surface area (Å²) in [4.78, 5) is 26.9. The minimum absolute atomic E-state index is 0.0511. The SMILES string of the molecule is CC(Oc1ccccc1Cl)C(=O)Nc1ccc(C(=O)N2CCCCCC2)cc1. The van der Waals surface area contributed by atoms with E-state index in [9.17, 15) is 9.59 Å². The van der Waals surface area contributed by atoms with Crippen LogP contribution in [0.1, 0.15) is 43.0 Å². The molecule has 1 aliphatic rings. The van der Waals surface area contributed by atoms with Gasteiger partial charge in [0.25, 0.3) is 11.8 Å². The van der Waals surface area contributed by atoms with Crippen molar-refractivity contribution < 1.29 is 14.3 Å². The van der Waals surface area contributed by atoms with Crippen LogP contribution in [-0.4, -0.2) is 35.9 Å². The number of anilines is 1. The molecule has 1 fully saturated rings. The summed E-state index contributed by atoms with van der Waals surface area (Å²) in [6.07, 6.45) is 3.78. The molecular formula is C22H25ClN2O3. The summed E-state index contributed by atoms with van der Waals surface area (Å²) in [5.74, 6) is 0.229. The second kappa shape index (κ2) is 9.60. The zero-order valence-corrected chi connectivity index (χ0v) is 16.7. The molecule has 148 valence electrons. The van der Waals surface area contributed by atoms with Crippen LogP contribution in [0.5, 0.6) is 5.75 Å². The monoisotopic (exact) mass is 400 g/mol. The van der Waals surface area contributed by atoms with Gasteiger partial charge in [0, 0.05) is 24.3 Å². The van der Waals surface area contributed by atoms with Gasteiger partial charge in [0.15, 0.2) is 6.10 Å². The number of benzene rings is 2. The van der Waals surface area contributed by atoms with Gasteiger partial charge in [0.05, 0.1) is 5.02 Å². The van der Waals surface area contributed by atoms with E-state index in [-0.39, 0.29) is 11.8 Å². The largest absolute Gasteiger partial charge is 0.479 e. The molecule has 0 spiro atoms. The molecule has 5 nitrogen and oxygen atoms in total. The van der Waals surface area contributed by atoms with Crippen molar-refractivity contribution >= 4 is 29.1 Å². The van der Waals surface area contributed by atoms with E-state index in [1.807, 2.05) is 4.90 Å². The second-order valence-corrected chi connectivity index (χ2v) is 7.37. The third kappa shape index (κ3) is 5.26. The average Bonchev–Trinajstić information content (AvgIpc) is 2.99. The summed E-state index contributed by atoms with van der Waals surface area (Å²) in [6.45, 7) is 3.29. The fraction of sp³-hybridized carbons (Fsp3) is 0.364. The predicted octanol–water partition coefficient (Wildman–Crippen LogP) is 4.76. The highest BCUT2D eigenvalue weighted by Gasteiger charge is 2.19. The fourth-order valence-electron chi connectivity index (χ4n) is 3.18. The van der Waals surface area contributed by atoms with Gasteiger partial charge in [-0.1, -0.05) is 36.6 Å². The Balaban J connectivity index is 1.58. The molecule has 0 bridgehead atoms. The van der Waals surface area contributed by atoms with E-state index in [2.05, 4.69) is 5.32 Å². The van der Waals surface area contributed by atoms with E-state index in [1.165, 1.54) is 12.8 Å². The van der Waals surface area contributed by atoms with Crippen molar-refractivity contribution in [1.29, 1.82) is 0 Å². The van der Waals surface area contributed by atoms with Crippen LogP contribution in [0.25, 0.3) is 0 Å². The summed E-state index contributed by atoms with van der Waals surface area (Å²) < 4.78 is 5.63. The Hall–Kier alpha value is -2.53. The third-order valence-electron chi connectivity index (χ3n) is 4.80. The van der Waals surface area contributed by atoms with Gasteiger partial charge in [-0.15, -0.1) is 0 Å². The molecule has 1 N–H and O–H groups in total. The molecular weight excluding hydrogens is 376 g/mol. The number of hydrogen-bond donors (Lipinski definition) is 1. The van der Waals surface area contributed by atoms with Crippen LogP contribution >= 0.6 is 11.6 Å². The van der Waals surface area contributed by atoms with E-state index < -0.39 is 6.10 Å². The van der Waals surface area contributed by atoms with Gasteiger partial charge < -0.3 is 15.0 Å². The molecule has 1 saturated heterocycles. The minimum Gasteiger partial charge on any atom is -0.479 e. The summed E-state index contributed by atoms with van der Waals surface area (Å²) in [5.41, 5.74) is 1.26. The van der Waals surface area contributed by atoms with Crippen molar-refractivity contribution in [3.63, 3.8) is 0 Å². The van der Waals surface area contributed by atoms with E-state index in [0.717, 1.165) is 25.9 Å². The molecule has 0 radical (unpaired) electrons. The highest BCUT2D eigenvalue weighted by atomic mass is 35.5. The van der Waals surface area contributed by atoms with Gasteiger partial charge in [-0.05, 0) is 56.2 Å². The normalized spacial score (nSPS) is 15.4. The number of carbonyl (C=O) groups excluding carboxylic acids is 2. The Morgan fingerprint density at radius 2 is 1.64 bits per heavy atom. The van der Waals surface area contributed by atoms with Gasteiger partial charge in [0.2, 0.25) is 0 Å². The number of amides is 2. The van der Waals surface area contributed by atoms with Crippen LogP contribution in [0, 0.1) is 0 Å². The smallest absolute Gasteiger partial charge is 0.265 e. The molecule has 1 unspecified atom stereocenters. The minimum atomic E-state index is -0.710. The first-order valence-corrected chi connectivity index (χ1v) is 10.0. The molecule has 2 aromatic carbocycles. The third-order valence-corrected chi connectivity index (χ3v) is 5.11. The molecule has 3 rings (SSSR count). The molecule has 6 heteroatoms. The van der Waals surface area contributed by atoms with E-state index in [0.29, 0.717) is 22.0 Å². The number of hydrogen-bond acceptors (Lipinski definition) is 3. The number of halogens is 1.